The Balaban J connectivity index is -0.0000000970. The molecule has 0 aliphatic rings. The van der Waals surface area contributed by atoms with Crippen LogP contribution in [0.3, 0.4) is 0 Å². The standard InChI is InChI=1S/4C9H16O7.CH4.4Y/c4*1-3-7(10)6-16-9(12)15-5-4-14-8(11)13-2;;;;;/h4*7,10H,3-6H2,1-2H3;1H4;;;;. The second-order valence-corrected chi connectivity index (χ2v) is 11.1. The maximum Gasteiger partial charge on any atom is 0.508 e. The molecule has 32 heteroatoms. The van der Waals surface area contributed by atoms with Crippen LogP contribution in [0, 0.1) is 0 Å². The van der Waals surface area contributed by atoms with Crippen molar-refractivity contribution in [3.63, 3.8) is 0 Å². The zero-order valence-corrected chi connectivity index (χ0v) is 50.9. The molecule has 4 radical (unpaired) electrons. The van der Waals surface area contributed by atoms with Crippen molar-refractivity contribution in [1.29, 1.82) is 0 Å². The Hall–Kier alpha value is -1.58. The number of carbonyl (C=O) groups is 8. The molecular formula is C37H68O28Y4. The minimum atomic E-state index is -0.916. The monoisotopic (exact) mass is 1320 g/mol. The predicted molar refractivity (Wildman–Crippen MR) is 215 cm³/mol. The van der Waals surface area contributed by atoms with Crippen molar-refractivity contribution < 1.29 is 265 Å². The number of carbonyl (C=O) groups excluding carboxylic acids is 8. The third-order valence-corrected chi connectivity index (χ3v) is 6.22. The Kier molecular flexibility index (Phi) is 81.4. The van der Waals surface area contributed by atoms with Crippen LogP contribution in [0.1, 0.15) is 60.8 Å². The zero-order valence-electron chi connectivity index (χ0n) is 39.5. The molecule has 0 bridgehead atoms. The van der Waals surface area contributed by atoms with Crippen LogP contribution in [0.15, 0.2) is 0 Å². The molecule has 4 atom stereocenters. The topological polar surface area (TPSA) is 365 Å². The zero-order chi connectivity index (χ0) is 49.6. The molecule has 4 unspecified atom stereocenters. The average molecular weight is 1320 g/mol. The Labute approximate surface area is 502 Å². The maximum absolute atomic E-state index is 10.9. The van der Waals surface area contributed by atoms with Crippen LogP contribution in [-0.2, 0) is 207 Å². The third-order valence-electron chi connectivity index (χ3n) is 6.22. The van der Waals surface area contributed by atoms with Crippen molar-refractivity contribution in [3.05, 3.63) is 0 Å². The molecule has 28 nitrogen and oxygen atoms in total. The van der Waals surface area contributed by atoms with E-state index in [1.165, 1.54) is 28.4 Å². The quantitative estimate of drug-likeness (QED) is 0.0611. The number of methoxy groups -OCH3 is 4. The van der Waals surface area contributed by atoms with Gasteiger partial charge in [0.2, 0.25) is 0 Å². The smallest absolute Gasteiger partial charge is 0.438 e. The minimum absolute atomic E-state index is 0. The minimum Gasteiger partial charge on any atom is -0.438 e. The van der Waals surface area contributed by atoms with Crippen molar-refractivity contribution in [2.45, 2.75) is 85.2 Å². The Morgan fingerprint density at radius 2 is 0.420 bits per heavy atom. The van der Waals surface area contributed by atoms with E-state index in [-0.39, 0.29) is 218 Å². The van der Waals surface area contributed by atoms with Crippen LogP contribution < -0.4 is 0 Å². The van der Waals surface area contributed by atoms with Gasteiger partial charge in [-0.3, -0.25) is 0 Å². The summed E-state index contributed by atoms with van der Waals surface area (Å²) >= 11 is 0. The average Bonchev–Trinajstić information content (AvgIpc) is 3.31. The number of aliphatic hydroxyl groups excluding tert-OH is 4. The molecule has 0 aliphatic heterocycles. The van der Waals surface area contributed by atoms with Crippen LogP contribution in [-0.4, -0.2) is 202 Å². The summed E-state index contributed by atoms with van der Waals surface area (Å²) in [6.07, 6.45) is -7.90. The van der Waals surface area contributed by atoms with E-state index in [9.17, 15) is 38.4 Å². The first kappa shape index (κ1) is 87.1. The molecule has 4 N–H and O–H groups in total. The van der Waals surface area contributed by atoms with Crippen LogP contribution in [0.4, 0.5) is 38.4 Å². The fourth-order valence-electron chi connectivity index (χ4n) is 2.53. The Bertz CT molecular complexity index is 1070. The Morgan fingerprint density at radius 3 is 0.536 bits per heavy atom. The first-order valence-electron chi connectivity index (χ1n) is 19.1. The first-order chi connectivity index (χ1) is 30.4. The molecule has 0 aromatic carbocycles. The molecule has 0 spiro atoms. The normalized spacial score (nSPS) is 10.6. The Morgan fingerprint density at radius 1 is 0.290 bits per heavy atom. The fraction of sp³-hybridized carbons (Fsp3) is 0.784. The largest absolute Gasteiger partial charge is 0.508 e. The molecule has 0 amide bonds. The number of hydrogen-bond acceptors (Lipinski definition) is 28. The molecule has 0 saturated carbocycles. The number of ether oxygens (including phenoxy) is 16. The van der Waals surface area contributed by atoms with Crippen molar-refractivity contribution in [1.82, 2.24) is 0 Å². The summed E-state index contributed by atoms with van der Waals surface area (Å²) in [4.78, 5) is 85.2. The molecule has 0 heterocycles. The van der Waals surface area contributed by atoms with Gasteiger partial charge in [0.05, 0.1) is 52.9 Å². The summed E-state index contributed by atoms with van der Waals surface area (Å²) < 4.78 is 70.8. The van der Waals surface area contributed by atoms with E-state index in [1.54, 1.807) is 27.7 Å². The summed E-state index contributed by atoms with van der Waals surface area (Å²) in [5.74, 6) is 0. The van der Waals surface area contributed by atoms with Crippen molar-refractivity contribution in [3.8, 4) is 0 Å². The van der Waals surface area contributed by atoms with E-state index in [4.69, 9.17) is 20.4 Å². The van der Waals surface area contributed by atoms with Gasteiger partial charge in [0.25, 0.3) is 0 Å². The molecule has 0 aliphatic carbocycles. The van der Waals surface area contributed by atoms with Gasteiger partial charge in [0, 0.05) is 131 Å². The summed E-state index contributed by atoms with van der Waals surface area (Å²) in [5.41, 5.74) is 0. The summed E-state index contributed by atoms with van der Waals surface area (Å²) in [6, 6.07) is 0. The molecule has 0 rings (SSSR count). The van der Waals surface area contributed by atoms with Crippen LogP contribution in [0.2, 0.25) is 0 Å². The van der Waals surface area contributed by atoms with Crippen LogP contribution in [0.25, 0.3) is 0 Å². The molecule has 0 aromatic rings. The molecule has 69 heavy (non-hydrogen) atoms. The molecular weight excluding hydrogens is 1250 g/mol. The van der Waals surface area contributed by atoms with Gasteiger partial charge < -0.3 is 96.2 Å². The van der Waals surface area contributed by atoms with Gasteiger partial charge in [-0.2, -0.15) is 0 Å². The maximum atomic E-state index is 10.9. The van der Waals surface area contributed by atoms with Gasteiger partial charge in [-0.05, 0) is 25.7 Å². The molecule has 396 valence electrons. The van der Waals surface area contributed by atoms with Crippen molar-refractivity contribution in [2.24, 2.45) is 0 Å². The summed E-state index contributed by atoms with van der Waals surface area (Å²) in [6.45, 7) is 5.58. The van der Waals surface area contributed by atoms with E-state index in [2.05, 4.69) is 75.8 Å². The second-order valence-electron chi connectivity index (χ2n) is 11.1. The summed E-state index contributed by atoms with van der Waals surface area (Å²) in [5, 5.41) is 36.3. The fourth-order valence-corrected chi connectivity index (χ4v) is 2.53. The number of rotatable bonds is 24. The molecule has 0 saturated heterocycles. The van der Waals surface area contributed by atoms with Gasteiger partial charge in [0.15, 0.2) is 0 Å². The van der Waals surface area contributed by atoms with E-state index >= 15 is 0 Å². The third kappa shape index (κ3) is 70.7. The second kappa shape index (κ2) is 64.4. The predicted octanol–water partition coefficient (Wildman–Crippen LogP) is 3.40. The number of hydrogen-bond donors (Lipinski definition) is 4. The van der Waals surface area contributed by atoms with Crippen LogP contribution in [0.5, 0.6) is 0 Å². The van der Waals surface area contributed by atoms with Gasteiger partial charge in [0.1, 0.15) is 79.3 Å². The van der Waals surface area contributed by atoms with Gasteiger partial charge >= 0.3 is 49.2 Å². The van der Waals surface area contributed by atoms with E-state index in [1.807, 2.05) is 0 Å². The molecule has 0 aromatic heterocycles. The van der Waals surface area contributed by atoms with Crippen molar-refractivity contribution >= 4 is 49.2 Å². The van der Waals surface area contributed by atoms with Gasteiger partial charge in [-0.25, -0.2) is 38.4 Å². The van der Waals surface area contributed by atoms with Gasteiger partial charge in [-0.15, -0.1) is 0 Å². The summed E-state index contributed by atoms with van der Waals surface area (Å²) in [7, 11) is 4.68. The van der Waals surface area contributed by atoms with E-state index in [0.29, 0.717) is 25.7 Å². The van der Waals surface area contributed by atoms with E-state index < -0.39 is 73.7 Å². The number of aliphatic hydroxyl groups is 4. The van der Waals surface area contributed by atoms with E-state index in [0.717, 1.165) is 0 Å². The van der Waals surface area contributed by atoms with Gasteiger partial charge in [-0.1, -0.05) is 35.1 Å². The molecule has 0 fully saturated rings. The first-order valence-corrected chi connectivity index (χ1v) is 19.1. The SMILES string of the molecule is C.CCC(O)COC(=O)OCCOC(=O)OC.CCC(O)COC(=O)OCCOC(=O)OC.CCC(O)COC(=O)OCCOC(=O)OC.CCC(O)COC(=O)OCCOC(=O)OC.[Y].[Y].[Y].[Y]. The van der Waals surface area contributed by atoms with Crippen molar-refractivity contribution in [2.75, 3.05) is 108 Å². The van der Waals surface area contributed by atoms with Crippen LogP contribution >= 0.6 is 0 Å².